The summed E-state index contributed by atoms with van der Waals surface area (Å²) >= 11 is 5.98. The Bertz CT molecular complexity index is 1390. The van der Waals surface area contributed by atoms with Crippen LogP contribution < -0.4 is 20.9 Å². The van der Waals surface area contributed by atoms with Crippen molar-refractivity contribution >= 4 is 46.6 Å². The lowest BCUT2D eigenvalue weighted by molar-refractivity contribution is -0.140. The molecule has 8 nitrogen and oxygen atoms in total. The zero-order chi connectivity index (χ0) is 28.7. The Hall–Kier alpha value is -4.26. The highest BCUT2D eigenvalue weighted by Crippen LogP contribution is 2.32. The molecule has 1 aromatic heterocycles. The third kappa shape index (κ3) is 7.63. The van der Waals surface area contributed by atoms with Crippen LogP contribution in [-0.4, -0.2) is 41.9 Å². The molecular formula is C25H22ClF5N6O2. The van der Waals surface area contributed by atoms with Gasteiger partial charge in [0.2, 0.25) is 11.9 Å². The van der Waals surface area contributed by atoms with Gasteiger partial charge in [-0.3, -0.25) is 9.59 Å². The molecule has 0 aliphatic heterocycles. The fourth-order valence-electron chi connectivity index (χ4n) is 3.29. The molecule has 0 aliphatic rings. The second kappa shape index (κ2) is 12.5. The highest BCUT2D eigenvalue weighted by atomic mass is 35.5. The number of hydrogen-bond donors (Lipinski definition) is 3. The van der Waals surface area contributed by atoms with Gasteiger partial charge < -0.3 is 20.9 Å². The van der Waals surface area contributed by atoms with Crippen LogP contribution in [0, 0.1) is 11.6 Å². The van der Waals surface area contributed by atoms with E-state index in [1.165, 1.54) is 25.4 Å². The highest BCUT2D eigenvalue weighted by molar-refractivity contribution is 6.31. The molecule has 2 aromatic carbocycles. The van der Waals surface area contributed by atoms with E-state index in [9.17, 15) is 31.5 Å². The summed E-state index contributed by atoms with van der Waals surface area (Å²) in [5.41, 5.74) is -1.40. The molecule has 0 saturated heterocycles. The van der Waals surface area contributed by atoms with E-state index in [-0.39, 0.29) is 28.8 Å². The van der Waals surface area contributed by atoms with E-state index in [1.54, 1.807) is 6.07 Å². The van der Waals surface area contributed by atoms with Gasteiger partial charge in [0.05, 0.1) is 16.3 Å². The minimum absolute atomic E-state index is 0.0663. The summed E-state index contributed by atoms with van der Waals surface area (Å²) in [6.07, 6.45) is -1.97. The van der Waals surface area contributed by atoms with Gasteiger partial charge in [-0.15, -0.1) is 0 Å². The van der Waals surface area contributed by atoms with Gasteiger partial charge in [-0.1, -0.05) is 18.2 Å². The number of halogens is 6. The second-order valence-corrected chi connectivity index (χ2v) is 8.42. The number of aromatic nitrogens is 2. The van der Waals surface area contributed by atoms with E-state index in [1.807, 2.05) is 0 Å². The summed E-state index contributed by atoms with van der Waals surface area (Å²) in [6, 6.07) is 6.21. The van der Waals surface area contributed by atoms with Gasteiger partial charge in [0.15, 0.2) is 5.82 Å². The molecule has 14 heteroatoms. The lowest BCUT2D eigenvalue weighted by Crippen LogP contribution is -2.26. The van der Waals surface area contributed by atoms with Gasteiger partial charge in [0.1, 0.15) is 11.6 Å². The summed E-state index contributed by atoms with van der Waals surface area (Å²) in [5, 5.41) is 8.17. The number of anilines is 4. The minimum Gasteiger partial charge on any atom is -0.354 e. The fraction of sp³-hybridized carbons (Fsp3) is 0.200. The van der Waals surface area contributed by atoms with Crippen LogP contribution in [0.15, 0.2) is 55.3 Å². The Labute approximate surface area is 224 Å². The first-order chi connectivity index (χ1) is 18.4. The SMILES string of the molecule is C=CC(=O)N(C)c1cc(Nc2ccnc(NCCCNC(=O)c3ccc(C(F)(F)F)c(F)c3)n2)cc(Cl)c1F. The zero-order valence-corrected chi connectivity index (χ0v) is 21.1. The van der Waals surface area contributed by atoms with E-state index in [2.05, 4.69) is 32.5 Å². The van der Waals surface area contributed by atoms with Gasteiger partial charge in [0, 0.05) is 37.6 Å². The smallest absolute Gasteiger partial charge is 0.354 e. The summed E-state index contributed by atoms with van der Waals surface area (Å²) in [5.74, 6) is -3.00. The Balaban J connectivity index is 1.54. The highest BCUT2D eigenvalue weighted by Gasteiger charge is 2.34. The molecule has 0 radical (unpaired) electrons. The first-order valence-corrected chi connectivity index (χ1v) is 11.7. The summed E-state index contributed by atoms with van der Waals surface area (Å²) in [6.45, 7) is 3.83. The van der Waals surface area contributed by atoms with E-state index in [4.69, 9.17) is 11.6 Å². The van der Waals surface area contributed by atoms with Crippen molar-refractivity contribution in [2.24, 2.45) is 0 Å². The Kier molecular flexibility index (Phi) is 9.41. The molecule has 0 fully saturated rings. The van der Waals surface area contributed by atoms with Crippen LogP contribution in [0.3, 0.4) is 0 Å². The molecule has 1 heterocycles. The topological polar surface area (TPSA) is 99.3 Å². The van der Waals surface area contributed by atoms with Gasteiger partial charge in [-0.2, -0.15) is 18.2 Å². The number of nitrogens with one attached hydrogen (secondary N) is 3. The quantitative estimate of drug-likeness (QED) is 0.168. The summed E-state index contributed by atoms with van der Waals surface area (Å²) < 4.78 is 66.1. The lowest BCUT2D eigenvalue weighted by Gasteiger charge is -2.18. The Morgan fingerprint density at radius 1 is 1.13 bits per heavy atom. The number of carbonyl (C=O) groups excluding carboxylic acids is 2. The van der Waals surface area contributed by atoms with Gasteiger partial charge in [-0.25, -0.2) is 13.8 Å². The standard InChI is InChI=1S/C25H22ClF5N6O2/c1-3-21(38)37(2)19-13-15(12-17(26)22(19)28)35-20-7-10-34-24(36-20)33-9-4-8-32-23(39)14-5-6-16(18(27)11-14)25(29,30)31/h3,5-7,10-13H,1,4,8-9H2,2H3,(H,32,39)(H2,33,34,35,36). The molecule has 206 valence electrons. The molecule has 0 aliphatic carbocycles. The predicted molar refractivity (Wildman–Crippen MR) is 137 cm³/mol. The maximum absolute atomic E-state index is 14.4. The molecule has 0 atom stereocenters. The van der Waals surface area contributed by atoms with Crippen molar-refractivity contribution in [3.8, 4) is 0 Å². The number of hydrogen-bond acceptors (Lipinski definition) is 6. The number of amides is 2. The fourth-order valence-corrected chi connectivity index (χ4v) is 3.50. The normalized spacial score (nSPS) is 11.1. The molecule has 39 heavy (non-hydrogen) atoms. The number of nitrogens with zero attached hydrogens (tertiary/aromatic N) is 3. The van der Waals surface area contributed by atoms with Crippen LogP contribution >= 0.6 is 11.6 Å². The minimum atomic E-state index is -4.85. The molecule has 0 saturated carbocycles. The van der Waals surface area contributed by atoms with E-state index >= 15 is 0 Å². The number of benzene rings is 2. The van der Waals surface area contributed by atoms with Crippen LogP contribution in [-0.2, 0) is 11.0 Å². The average molecular weight is 569 g/mol. The summed E-state index contributed by atoms with van der Waals surface area (Å²) in [4.78, 5) is 33.4. The maximum Gasteiger partial charge on any atom is 0.419 e. The Morgan fingerprint density at radius 3 is 2.54 bits per heavy atom. The van der Waals surface area contributed by atoms with Gasteiger partial charge in [-0.05, 0) is 48.9 Å². The molecule has 0 spiro atoms. The third-order valence-electron chi connectivity index (χ3n) is 5.26. The predicted octanol–water partition coefficient (Wildman–Crippen LogP) is 5.55. The molecule has 3 rings (SSSR count). The van der Waals surface area contributed by atoms with Crippen molar-refractivity contribution < 1.29 is 31.5 Å². The number of rotatable bonds is 10. The molecule has 0 unspecified atom stereocenters. The van der Waals surface area contributed by atoms with Crippen LogP contribution in [0.25, 0.3) is 0 Å². The van der Waals surface area contributed by atoms with Crippen molar-refractivity contribution in [2.45, 2.75) is 12.6 Å². The maximum atomic E-state index is 14.4. The van der Waals surface area contributed by atoms with Crippen molar-refractivity contribution in [1.82, 2.24) is 15.3 Å². The van der Waals surface area contributed by atoms with Crippen molar-refractivity contribution in [1.29, 1.82) is 0 Å². The van der Waals surface area contributed by atoms with Crippen molar-refractivity contribution in [3.05, 3.63) is 83.0 Å². The largest absolute Gasteiger partial charge is 0.419 e. The average Bonchev–Trinajstić information content (AvgIpc) is 2.88. The summed E-state index contributed by atoms with van der Waals surface area (Å²) in [7, 11) is 1.37. The second-order valence-electron chi connectivity index (χ2n) is 8.01. The Morgan fingerprint density at radius 2 is 1.87 bits per heavy atom. The third-order valence-corrected chi connectivity index (χ3v) is 5.54. The van der Waals surface area contributed by atoms with E-state index in [0.717, 1.165) is 17.0 Å². The molecule has 3 N–H and O–H groups in total. The molecule has 3 aromatic rings. The molecule has 0 bridgehead atoms. The van der Waals surface area contributed by atoms with Crippen LogP contribution in [0.1, 0.15) is 22.3 Å². The number of likely N-dealkylation sites (N-methyl/N-ethyl adjacent to an activating group) is 1. The number of alkyl halides is 3. The molecule has 2 amide bonds. The van der Waals surface area contributed by atoms with Crippen molar-refractivity contribution in [2.75, 3.05) is 35.7 Å². The van der Waals surface area contributed by atoms with Crippen LogP contribution in [0.5, 0.6) is 0 Å². The monoisotopic (exact) mass is 568 g/mol. The van der Waals surface area contributed by atoms with Crippen LogP contribution in [0.2, 0.25) is 5.02 Å². The first-order valence-electron chi connectivity index (χ1n) is 11.3. The first kappa shape index (κ1) is 29.3. The van der Waals surface area contributed by atoms with E-state index in [0.29, 0.717) is 36.6 Å². The van der Waals surface area contributed by atoms with Gasteiger partial charge >= 0.3 is 6.18 Å². The van der Waals surface area contributed by atoms with Crippen LogP contribution in [0.4, 0.5) is 45.1 Å². The van der Waals surface area contributed by atoms with Crippen molar-refractivity contribution in [3.63, 3.8) is 0 Å². The van der Waals surface area contributed by atoms with E-state index < -0.39 is 35.2 Å². The lowest BCUT2D eigenvalue weighted by atomic mass is 10.1. The van der Waals surface area contributed by atoms with Gasteiger partial charge in [0.25, 0.3) is 5.91 Å². The number of carbonyl (C=O) groups is 2. The molecular weight excluding hydrogens is 547 g/mol. The zero-order valence-electron chi connectivity index (χ0n) is 20.4.